The molecule has 3 aromatic carbocycles. The SMILES string of the molecule is CCCCc1nn(-c2ccccc2Cl)c(C(=O)OCC)c1Cc1ccc(-c2ccccc2-c2nn[nH]n2)cc1. The number of aryl methyl sites for hydroxylation is 1. The van der Waals surface area contributed by atoms with E-state index < -0.39 is 5.97 Å². The van der Waals surface area contributed by atoms with Gasteiger partial charge >= 0.3 is 5.97 Å². The lowest BCUT2D eigenvalue weighted by Crippen LogP contribution is -2.14. The Morgan fingerprint density at radius 3 is 2.41 bits per heavy atom. The molecule has 0 aliphatic heterocycles. The van der Waals surface area contributed by atoms with Gasteiger partial charge in [-0.2, -0.15) is 10.3 Å². The number of nitrogens with one attached hydrogen (secondary N) is 1. The lowest BCUT2D eigenvalue weighted by molar-refractivity contribution is 0.0514. The van der Waals surface area contributed by atoms with Crippen LogP contribution in [0.2, 0.25) is 5.02 Å². The number of carbonyl (C=O) groups is 1. The molecule has 198 valence electrons. The highest BCUT2D eigenvalue weighted by atomic mass is 35.5. The van der Waals surface area contributed by atoms with Crippen LogP contribution >= 0.6 is 11.6 Å². The molecule has 8 nitrogen and oxygen atoms in total. The van der Waals surface area contributed by atoms with E-state index in [2.05, 4.69) is 51.8 Å². The van der Waals surface area contributed by atoms with Crippen LogP contribution in [0.3, 0.4) is 0 Å². The van der Waals surface area contributed by atoms with Crippen molar-refractivity contribution in [3.05, 3.63) is 100 Å². The summed E-state index contributed by atoms with van der Waals surface area (Å²) in [5, 5.41) is 19.9. The molecule has 0 unspecified atom stereocenters. The van der Waals surface area contributed by atoms with E-state index in [4.69, 9.17) is 21.4 Å². The summed E-state index contributed by atoms with van der Waals surface area (Å²) in [5.41, 5.74) is 6.80. The summed E-state index contributed by atoms with van der Waals surface area (Å²) in [7, 11) is 0. The molecule has 2 aromatic heterocycles. The molecular formula is C30H29ClN6O2. The van der Waals surface area contributed by atoms with E-state index >= 15 is 0 Å². The minimum atomic E-state index is -0.409. The van der Waals surface area contributed by atoms with E-state index in [-0.39, 0.29) is 6.61 Å². The second-order valence-corrected chi connectivity index (χ2v) is 9.52. The van der Waals surface area contributed by atoms with Crippen molar-refractivity contribution in [2.24, 2.45) is 0 Å². The van der Waals surface area contributed by atoms with E-state index in [0.717, 1.165) is 52.8 Å². The Morgan fingerprint density at radius 2 is 1.72 bits per heavy atom. The second kappa shape index (κ2) is 12.0. The molecule has 0 aliphatic rings. The number of tetrazole rings is 1. The molecule has 0 bridgehead atoms. The van der Waals surface area contributed by atoms with Gasteiger partial charge in [-0.05, 0) is 53.8 Å². The molecule has 0 fully saturated rings. The summed E-state index contributed by atoms with van der Waals surface area (Å²) < 4.78 is 7.14. The van der Waals surface area contributed by atoms with Gasteiger partial charge in [0.15, 0.2) is 5.69 Å². The second-order valence-electron chi connectivity index (χ2n) is 9.12. The summed E-state index contributed by atoms with van der Waals surface area (Å²) >= 11 is 6.54. The van der Waals surface area contributed by atoms with Crippen LogP contribution in [0.25, 0.3) is 28.2 Å². The van der Waals surface area contributed by atoms with Crippen molar-refractivity contribution in [2.75, 3.05) is 6.61 Å². The van der Waals surface area contributed by atoms with E-state index in [1.807, 2.05) is 42.5 Å². The number of nitrogens with zero attached hydrogens (tertiary/aromatic N) is 5. The van der Waals surface area contributed by atoms with Gasteiger partial charge in [0.1, 0.15) is 0 Å². The van der Waals surface area contributed by atoms with Gasteiger partial charge in [-0.25, -0.2) is 9.48 Å². The molecule has 0 aliphatic carbocycles. The van der Waals surface area contributed by atoms with E-state index in [1.54, 1.807) is 17.7 Å². The van der Waals surface area contributed by atoms with Crippen molar-refractivity contribution in [2.45, 2.75) is 39.5 Å². The number of hydrogen-bond donors (Lipinski definition) is 1. The molecule has 0 spiro atoms. The minimum absolute atomic E-state index is 0.269. The van der Waals surface area contributed by atoms with Gasteiger partial charge in [0.2, 0.25) is 5.82 Å². The molecule has 0 saturated heterocycles. The first-order valence-corrected chi connectivity index (χ1v) is 13.4. The van der Waals surface area contributed by atoms with Crippen molar-refractivity contribution in [3.63, 3.8) is 0 Å². The lowest BCUT2D eigenvalue weighted by atomic mass is 9.95. The van der Waals surface area contributed by atoms with Crippen molar-refractivity contribution in [1.82, 2.24) is 30.4 Å². The smallest absolute Gasteiger partial charge is 0.357 e. The van der Waals surface area contributed by atoms with Crippen LogP contribution in [0.4, 0.5) is 0 Å². The van der Waals surface area contributed by atoms with Crippen LogP contribution in [0.15, 0.2) is 72.8 Å². The minimum Gasteiger partial charge on any atom is -0.461 e. The van der Waals surface area contributed by atoms with Crippen LogP contribution in [0.1, 0.15) is 54.0 Å². The number of aromatic amines is 1. The van der Waals surface area contributed by atoms with Gasteiger partial charge in [-0.15, -0.1) is 10.2 Å². The number of aromatic nitrogens is 6. The van der Waals surface area contributed by atoms with Crippen LogP contribution in [0.5, 0.6) is 0 Å². The zero-order chi connectivity index (χ0) is 27.2. The Hall–Kier alpha value is -4.30. The third kappa shape index (κ3) is 5.61. The first kappa shape index (κ1) is 26.3. The summed E-state index contributed by atoms with van der Waals surface area (Å²) in [6, 6.07) is 23.7. The van der Waals surface area contributed by atoms with Gasteiger partial charge in [0, 0.05) is 17.5 Å². The molecular weight excluding hydrogens is 512 g/mol. The van der Waals surface area contributed by atoms with Gasteiger partial charge in [-0.3, -0.25) is 0 Å². The normalized spacial score (nSPS) is 11.1. The standard InChI is InChI=1S/C30H29ClN6O2/c1-3-5-13-26-24(28(30(38)39-4-2)37(34-26)27-14-9-8-12-25(27)31)19-20-15-17-21(18-16-20)22-10-6-7-11-23(22)29-32-35-36-33-29/h6-12,14-18H,3-5,13,19H2,1-2H3,(H,32,33,35,36). The van der Waals surface area contributed by atoms with Crippen molar-refractivity contribution >= 4 is 17.6 Å². The first-order chi connectivity index (χ1) is 19.1. The van der Waals surface area contributed by atoms with E-state index in [1.165, 1.54) is 0 Å². The number of carbonyl (C=O) groups excluding carboxylic acids is 1. The number of para-hydroxylation sites is 1. The summed E-state index contributed by atoms with van der Waals surface area (Å²) in [6.07, 6.45) is 3.26. The van der Waals surface area contributed by atoms with Crippen molar-refractivity contribution in [3.8, 4) is 28.2 Å². The van der Waals surface area contributed by atoms with Crippen molar-refractivity contribution < 1.29 is 9.53 Å². The van der Waals surface area contributed by atoms with Gasteiger partial charge in [0.05, 0.1) is 23.0 Å². The molecule has 0 atom stereocenters. The zero-order valence-electron chi connectivity index (χ0n) is 21.9. The molecule has 2 heterocycles. The molecule has 0 amide bonds. The highest BCUT2D eigenvalue weighted by molar-refractivity contribution is 6.32. The topological polar surface area (TPSA) is 98.6 Å². The average Bonchev–Trinajstić information content (AvgIpc) is 3.62. The number of unbranched alkanes of at least 4 members (excludes halogenated alkanes) is 1. The highest BCUT2D eigenvalue weighted by Gasteiger charge is 2.26. The zero-order valence-corrected chi connectivity index (χ0v) is 22.7. The van der Waals surface area contributed by atoms with Crippen molar-refractivity contribution in [1.29, 1.82) is 0 Å². The molecule has 1 N–H and O–H groups in total. The molecule has 39 heavy (non-hydrogen) atoms. The van der Waals surface area contributed by atoms with Crippen LogP contribution in [0, 0.1) is 0 Å². The fourth-order valence-electron chi connectivity index (χ4n) is 4.65. The van der Waals surface area contributed by atoms with Gasteiger partial charge < -0.3 is 4.74 Å². The quantitative estimate of drug-likeness (QED) is 0.203. The van der Waals surface area contributed by atoms with Gasteiger partial charge in [-0.1, -0.05) is 85.6 Å². The Kier molecular flexibility index (Phi) is 8.13. The van der Waals surface area contributed by atoms with E-state index in [0.29, 0.717) is 28.6 Å². The lowest BCUT2D eigenvalue weighted by Gasteiger charge is -2.11. The first-order valence-electron chi connectivity index (χ1n) is 13.1. The van der Waals surface area contributed by atoms with Crippen LogP contribution in [-0.2, 0) is 17.6 Å². The predicted molar refractivity (Wildman–Crippen MR) is 151 cm³/mol. The molecule has 5 rings (SSSR count). The largest absolute Gasteiger partial charge is 0.461 e. The Bertz CT molecular complexity index is 1560. The maximum atomic E-state index is 13.3. The number of rotatable bonds is 10. The maximum Gasteiger partial charge on any atom is 0.357 e. The fraction of sp³-hybridized carbons (Fsp3) is 0.233. The Labute approximate surface area is 232 Å². The highest BCUT2D eigenvalue weighted by Crippen LogP contribution is 2.31. The predicted octanol–water partition coefficient (Wildman–Crippen LogP) is 6.48. The van der Waals surface area contributed by atoms with Gasteiger partial charge in [0.25, 0.3) is 0 Å². The monoisotopic (exact) mass is 540 g/mol. The average molecular weight is 541 g/mol. The summed E-state index contributed by atoms with van der Waals surface area (Å²) in [4.78, 5) is 13.3. The number of hydrogen-bond acceptors (Lipinski definition) is 6. The molecule has 9 heteroatoms. The number of ether oxygens (including phenoxy) is 1. The number of esters is 1. The fourth-order valence-corrected chi connectivity index (χ4v) is 4.86. The van der Waals surface area contributed by atoms with Crippen LogP contribution in [-0.4, -0.2) is 43.0 Å². The third-order valence-electron chi connectivity index (χ3n) is 6.54. The molecule has 0 saturated carbocycles. The summed E-state index contributed by atoms with van der Waals surface area (Å²) in [5.74, 6) is 0.134. The molecule has 0 radical (unpaired) electrons. The summed E-state index contributed by atoms with van der Waals surface area (Å²) in [6.45, 7) is 4.21. The van der Waals surface area contributed by atoms with E-state index in [9.17, 15) is 4.79 Å². The Morgan fingerprint density at radius 1 is 0.974 bits per heavy atom. The third-order valence-corrected chi connectivity index (χ3v) is 6.86. The Balaban J connectivity index is 1.55. The van der Waals surface area contributed by atoms with Crippen LogP contribution < -0.4 is 0 Å². The maximum absolute atomic E-state index is 13.3. The number of benzene rings is 3. The molecule has 5 aromatic rings. The number of halogens is 1. The number of H-pyrrole nitrogens is 1.